The highest BCUT2D eigenvalue weighted by Gasteiger charge is 2.20. The molecule has 25 heavy (non-hydrogen) atoms. The van der Waals surface area contributed by atoms with Gasteiger partial charge in [-0.1, -0.05) is 0 Å². The van der Waals surface area contributed by atoms with Gasteiger partial charge in [-0.25, -0.2) is 14.4 Å². The van der Waals surface area contributed by atoms with Crippen LogP contribution < -0.4 is 9.64 Å². The molecule has 7 heteroatoms. The van der Waals surface area contributed by atoms with Gasteiger partial charge in [-0.05, 0) is 29.8 Å². The van der Waals surface area contributed by atoms with Gasteiger partial charge in [0.25, 0.3) is 0 Å². The fraction of sp³-hybridized carbons (Fsp3) is 0.333. The fourth-order valence-corrected chi connectivity index (χ4v) is 3.33. The topological polar surface area (TPSA) is 57.3 Å². The van der Waals surface area contributed by atoms with E-state index in [1.165, 1.54) is 18.5 Å². The Labute approximate surface area is 145 Å². The molecule has 1 aromatic carbocycles. The van der Waals surface area contributed by atoms with Crippen LogP contribution in [0, 0.1) is 5.82 Å². The van der Waals surface area contributed by atoms with E-state index in [1.54, 1.807) is 7.11 Å². The number of hydrogen-bond acceptors (Lipinski definition) is 5. The fourth-order valence-electron chi connectivity index (χ4n) is 3.33. The predicted octanol–water partition coefficient (Wildman–Crippen LogP) is 2.43. The zero-order valence-electron chi connectivity index (χ0n) is 14.1. The second kappa shape index (κ2) is 6.68. The summed E-state index contributed by atoms with van der Waals surface area (Å²) < 4.78 is 18.4. The number of halogens is 1. The maximum Gasteiger partial charge on any atom is 0.226 e. The van der Waals surface area contributed by atoms with E-state index in [-0.39, 0.29) is 5.82 Å². The second-order valence-corrected chi connectivity index (χ2v) is 6.16. The molecule has 1 N–H and O–H groups in total. The van der Waals surface area contributed by atoms with E-state index < -0.39 is 0 Å². The minimum absolute atomic E-state index is 0.196. The first-order chi connectivity index (χ1) is 12.2. The summed E-state index contributed by atoms with van der Waals surface area (Å²) in [5, 5.41) is 0.950. The van der Waals surface area contributed by atoms with Gasteiger partial charge in [0.05, 0.1) is 12.5 Å². The van der Waals surface area contributed by atoms with E-state index in [4.69, 9.17) is 4.74 Å². The molecule has 1 fully saturated rings. The molecule has 1 aliphatic heterocycles. The lowest BCUT2D eigenvalue weighted by molar-refractivity contribution is 0.250. The number of nitrogens with one attached hydrogen (secondary N) is 1. The number of aromatic amines is 1. The van der Waals surface area contributed by atoms with Crippen molar-refractivity contribution in [2.75, 3.05) is 38.2 Å². The Hall–Kier alpha value is -2.67. The molecule has 0 bridgehead atoms. The average molecular weight is 341 g/mol. The molecule has 6 nitrogen and oxygen atoms in total. The summed E-state index contributed by atoms with van der Waals surface area (Å²) in [6.45, 7) is 4.55. The molecule has 3 heterocycles. The maximum absolute atomic E-state index is 13.1. The van der Waals surface area contributed by atoms with Gasteiger partial charge in [0.15, 0.2) is 0 Å². The number of hydrogen-bond donors (Lipinski definition) is 1. The number of anilines is 1. The van der Waals surface area contributed by atoms with Crippen LogP contribution >= 0.6 is 0 Å². The van der Waals surface area contributed by atoms with E-state index in [2.05, 4.69) is 24.8 Å². The van der Waals surface area contributed by atoms with Crippen molar-refractivity contribution in [3.63, 3.8) is 0 Å². The molecule has 130 valence electrons. The Morgan fingerprint density at radius 1 is 1.12 bits per heavy atom. The summed E-state index contributed by atoms with van der Waals surface area (Å²) in [6, 6.07) is 6.71. The zero-order valence-corrected chi connectivity index (χ0v) is 14.1. The van der Waals surface area contributed by atoms with Crippen LogP contribution in [-0.4, -0.2) is 53.1 Å². The van der Waals surface area contributed by atoms with Crippen molar-refractivity contribution >= 4 is 16.7 Å². The van der Waals surface area contributed by atoms with E-state index >= 15 is 0 Å². The molecule has 1 aliphatic rings. The number of H-pyrrole nitrogens is 1. The van der Waals surface area contributed by atoms with Gasteiger partial charge in [-0.3, -0.25) is 4.90 Å². The lowest BCUT2D eigenvalue weighted by Crippen LogP contribution is -2.45. The molecule has 0 unspecified atom stereocenters. The number of methoxy groups -OCH3 is 1. The molecular weight excluding hydrogens is 321 g/mol. The number of aromatic nitrogens is 3. The molecule has 0 aliphatic carbocycles. The third kappa shape index (κ3) is 3.15. The standard InChI is InChI=1S/C18H20FN5O/c1-25-18-16-13(10-20-17(16)21-12-22-18)11-23-6-8-24(9-7-23)15-4-2-14(19)3-5-15/h2-5,10,12H,6-9,11H2,1H3,(H,20,21,22). The molecule has 4 rings (SSSR count). The Bertz CT molecular complexity index is 856. The van der Waals surface area contributed by atoms with Crippen LogP contribution in [-0.2, 0) is 6.54 Å². The average Bonchev–Trinajstić information content (AvgIpc) is 3.06. The van der Waals surface area contributed by atoms with Crippen molar-refractivity contribution in [3.8, 4) is 5.88 Å². The lowest BCUT2D eigenvalue weighted by atomic mass is 10.2. The van der Waals surface area contributed by atoms with Gasteiger partial charge < -0.3 is 14.6 Å². The van der Waals surface area contributed by atoms with Crippen LogP contribution in [0.5, 0.6) is 5.88 Å². The molecule has 1 saturated heterocycles. The highest BCUT2D eigenvalue weighted by Crippen LogP contribution is 2.26. The van der Waals surface area contributed by atoms with Crippen molar-refractivity contribution in [3.05, 3.63) is 48.2 Å². The maximum atomic E-state index is 13.1. The largest absolute Gasteiger partial charge is 0.480 e. The smallest absolute Gasteiger partial charge is 0.226 e. The first kappa shape index (κ1) is 15.8. The van der Waals surface area contributed by atoms with Crippen LogP contribution in [0.25, 0.3) is 11.0 Å². The minimum Gasteiger partial charge on any atom is -0.480 e. The van der Waals surface area contributed by atoms with E-state index in [0.717, 1.165) is 55.0 Å². The quantitative estimate of drug-likeness (QED) is 0.790. The van der Waals surface area contributed by atoms with Crippen molar-refractivity contribution in [1.29, 1.82) is 0 Å². The highest BCUT2D eigenvalue weighted by atomic mass is 19.1. The summed E-state index contributed by atoms with van der Waals surface area (Å²) in [5.74, 6) is 0.407. The molecular formula is C18H20FN5O. The summed E-state index contributed by atoms with van der Waals surface area (Å²) in [6.07, 6.45) is 3.48. The van der Waals surface area contributed by atoms with Crippen LogP contribution in [0.15, 0.2) is 36.8 Å². The summed E-state index contributed by atoms with van der Waals surface area (Å²) in [4.78, 5) is 16.3. The molecule has 0 saturated carbocycles. The molecule has 3 aromatic rings. The van der Waals surface area contributed by atoms with Crippen LogP contribution in [0.3, 0.4) is 0 Å². The van der Waals surface area contributed by atoms with Gasteiger partial charge in [-0.15, -0.1) is 0 Å². The summed E-state index contributed by atoms with van der Waals surface area (Å²) in [5.41, 5.74) is 3.01. The first-order valence-electron chi connectivity index (χ1n) is 8.32. The van der Waals surface area contributed by atoms with Crippen molar-refractivity contribution < 1.29 is 9.13 Å². The molecule has 2 aromatic heterocycles. The Kier molecular flexibility index (Phi) is 4.23. The first-order valence-corrected chi connectivity index (χ1v) is 8.32. The van der Waals surface area contributed by atoms with E-state index in [0.29, 0.717) is 5.88 Å². The number of nitrogens with zero attached hydrogens (tertiary/aromatic N) is 4. The molecule has 0 radical (unpaired) electrons. The van der Waals surface area contributed by atoms with Gasteiger partial charge in [0, 0.05) is 44.6 Å². The highest BCUT2D eigenvalue weighted by molar-refractivity contribution is 5.84. The third-order valence-electron chi connectivity index (χ3n) is 4.67. The lowest BCUT2D eigenvalue weighted by Gasteiger charge is -2.36. The Morgan fingerprint density at radius 2 is 1.88 bits per heavy atom. The number of fused-ring (bicyclic) bond motifs is 1. The van der Waals surface area contributed by atoms with Crippen molar-refractivity contribution in [1.82, 2.24) is 19.9 Å². The third-order valence-corrected chi connectivity index (χ3v) is 4.67. The minimum atomic E-state index is -0.196. The number of rotatable bonds is 4. The van der Waals surface area contributed by atoms with Crippen LogP contribution in [0.4, 0.5) is 10.1 Å². The molecule has 0 amide bonds. The number of benzene rings is 1. The van der Waals surface area contributed by atoms with E-state index in [1.807, 2.05) is 18.3 Å². The molecule has 0 spiro atoms. The van der Waals surface area contributed by atoms with Crippen LogP contribution in [0.1, 0.15) is 5.56 Å². The van der Waals surface area contributed by atoms with Gasteiger partial charge >= 0.3 is 0 Å². The second-order valence-electron chi connectivity index (χ2n) is 6.16. The zero-order chi connectivity index (χ0) is 17.2. The molecule has 0 atom stereocenters. The Morgan fingerprint density at radius 3 is 2.60 bits per heavy atom. The SMILES string of the molecule is COc1ncnc2[nH]cc(CN3CCN(c4ccc(F)cc4)CC3)c12. The van der Waals surface area contributed by atoms with Crippen molar-refractivity contribution in [2.45, 2.75) is 6.54 Å². The summed E-state index contributed by atoms with van der Waals surface area (Å²) >= 11 is 0. The van der Waals surface area contributed by atoms with Gasteiger partial charge in [-0.2, -0.15) is 0 Å². The van der Waals surface area contributed by atoms with E-state index in [9.17, 15) is 4.39 Å². The normalized spacial score (nSPS) is 15.7. The Balaban J connectivity index is 1.44. The van der Waals surface area contributed by atoms with Gasteiger partial charge in [0.2, 0.25) is 5.88 Å². The van der Waals surface area contributed by atoms with Gasteiger partial charge in [0.1, 0.15) is 17.8 Å². The van der Waals surface area contributed by atoms with Crippen molar-refractivity contribution in [2.24, 2.45) is 0 Å². The van der Waals surface area contributed by atoms with Crippen LogP contribution in [0.2, 0.25) is 0 Å². The number of ether oxygens (including phenoxy) is 1. The predicted molar refractivity (Wildman–Crippen MR) is 94.3 cm³/mol. The number of piperazine rings is 1. The summed E-state index contributed by atoms with van der Waals surface area (Å²) in [7, 11) is 1.63. The monoisotopic (exact) mass is 341 g/mol.